The maximum Gasteiger partial charge on any atom is 0.332 e. The molecule has 0 aromatic carbocycles. The number of pyridine rings is 1. The van der Waals surface area contributed by atoms with Crippen molar-refractivity contribution < 1.29 is 13.9 Å². The second-order valence-electron chi connectivity index (χ2n) is 5.03. The van der Waals surface area contributed by atoms with Crippen molar-refractivity contribution in [3.8, 4) is 0 Å². The van der Waals surface area contributed by atoms with E-state index in [4.69, 9.17) is 4.74 Å². The smallest absolute Gasteiger partial charge is 0.332 e. The van der Waals surface area contributed by atoms with Crippen molar-refractivity contribution in [2.24, 2.45) is 5.92 Å². The van der Waals surface area contributed by atoms with Crippen molar-refractivity contribution >= 4 is 5.97 Å². The molecule has 4 nitrogen and oxygen atoms in total. The van der Waals surface area contributed by atoms with Gasteiger partial charge < -0.3 is 4.74 Å². The molecular weight excluding hydrogens is 247 g/mol. The summed E-state index contributed by atoms with van der Waals surface area (Å²) in [5, 5.41) is 3.22. The fourth-order valence-electron chi connectivity index (χ4n) is 1.88. The van der Waals surface area contributed by atoms with Gasteiger partial charge in [0.15, 0.2) is 5.54 Å². The van der Waals surface area contributed by atoms with E-state index in [1.54, 1.807) is 13.8 Å². The molecule has 0 radical (unpaired) electrons. The third kappa shape index (κ3) is 3.29. The predicted molar refractivity (Wildman–Crippen MR) is 68.9 cm³/mol. The van der Waals surface area contributed by atoms with Crippen molar-refractivity contribution in [1.29, 1.82) is 0 Å². The number of esters is 1. The predicted octanol–water partition coefficient (Wildman–Crippen LogP) is 2.00. The number of aromatic nitrogens is 1. The maximum absolute atomic E-state index is 12.9. The third-order valence-electron chi connectivity index (χ3n) is 3.36. The molecule has 0 saturated heterocycles. The normalized spacial score (nSPS) is 17.8. The minimum Gasteiger partial charge on any atom is -0.464 e. The molecule has 5 heteroatoms. The molecule has 1 heterocycles. The van der Waals surface area contributed by atoms with Gasteiger partial charge in [-0.05, 0) is 51.3 Å². The highest BCUT2D eigenvalue weighted by atomic mass is 19.1. The summed E-state index contributed by atoms with van der Waals surface area (Å²) in [5.41, 5.74) is -0.542. The van der Waals surface area contributed by atoms with E-state index >= 15 is 0 Å². The van der Waals surface area contributed by atoms with E-state index in [9.17, 15) is 9.18 Å². The Morgan fingerprint density at radius 3 is 2.84 bits per heavy atom. The van der Waals surface area contributed by atoms with Crippen molar-refractivity contribution in [2.45, 2.75) is 32.2 Å². The van der Waals surface area contributed by atoms with Crippen LogP contribution in [-0.4, -0.2) is 24.1 Å². The lowest BCUT2D eigenvalue weighted by atomic mass is 9.96. The molecule has 1 atom stereocenters. The summed E-state index contributed by atoms with van der Waals surface area (Å²) in [4.78, 5) is 16.2. The summed E-state index contributed by atoms with van der Waals surface area (Å²) in [6, 6.07) is 2.82. The molecule has 1 aromatic heterocycles. The van der Waals surface area contributed by atoms with E-state index in [0.29, 0.717) is 18.2 Å². The van der Waals surface area contributed by atoms with Crippen LogP contribution in [0.4, 0.5) is 4.39 Å². The van der Waals surface area contributed by atoms with Crippen LogP contribution in [-0.2, 0) is 15.1 Å². The molecule has 0 amide bonds. The van der Waals surface area contributed by atoms with Crippen molar-refractivity contribution in [3.05, 3.63) is 29.8 Å². The van der Waals surface area contributed by atoms with Gasteiger partial charge >= 0.3 is 5.97 Å². The molecule has 104 valence electrons. The molecule has 1 saturated carbocycles. The molecule has 1 fully saturated rings. The first-order chi connectivity index (χ1) is 9.06. The van der Waals surface area contributed by atoms with Crippen molar-refractivity contribution in [2.75, 3.05) is 13.2 Å². The number of halogens is 1. The topological polar surface area (TPSA) is 51.2 Å². The molecule has 19 heavy (non-hydrogen) atoms. The maximum atomic E-state index is 12.9. The third-order valence-corrected chi connectivity index (χ3v) is 3.36. The Hall–Kier alpha value is -1.49. The van der Waals surface area contributed by atoms with Gasteiger partial charge in [-0.15, -0.1) is 0 Å². The van der Waals surface area contributed by atoms with Gasteiger partial charge in [-0.2, -0.15) is 0 Å². The standard InChI is InChI=1S/C14H19FN2O2/c1-3-19-13(18)14(2,17-8-10-4-5-10)12-7-6-11(15)9-16-12/h6-7,9-10,17H,3-5,8H2,1-2H3. The van der Waals surface area contributed by atoms with Crippen LogP contribution >= 0.6 is 0 Å². The molecule has 0 spiro atoms. The number of hydrogen-bond donors (Lipinski definition) is 1. The van der Waals surface area contributed by atoms with Crippen LogP contribution < -0.4 is 5.32 Å². The van der Waals surface area contributed by atoms with Crippen molar-refractivity contribution in [1.82, 2.24) is 10.3 Å². The SMILES string of the molecule is CCOC(=O)C(C)(NCC1CC1)c1ccc(F)cn1. The van der Waals surface area contributed by atoms with Crippen LogP contribution in [0.3, 0.4) is 0 Å². The van der Waals surface area contributed by atoms with Crippen LogP contribution in [0.1, 0.15) is 32.4 Å². The zero-order valence-corrected chi connectivity index (χ0v) is 11.3. The molecule has 0 aliphatic heterocycles. The number of carbonyl (C=O) groups is 1. The molecule has 1 N–H and O–H groups in total. The molecule has 1 aliphatic rings. The quantitative estimate of drug-likeness (QED) is 0.800. The first-order valence-electron chi connectivity index (χ1n) is 6.60. The lowest BCUT2D eigenvalue weighted by Crippen LogP contribution is -2.49. The number of ether oxygens (including phenoxy) is 1. The van der Waals surface area contributed by atoms with E-state index in [0.717, 1.165) is 12.7 Å². The average molecular weight is 266 g/mol. The van der Waals surface area contributed by atoms with Gasteiger partial charge in [-0.1, -0.05) is 0 Å². The lowest BCUT2D eigenvalue weighted by molar-refractivity contribution is -0.151. The Labute approximate surface area is 112 Å². The van der Waals surface area contributed by atoms with Gasteiger partial charge in [0.25, 0.3) is 0 Å². The number of nitrogens with zero attached hydrogens (tertiary/aromatic N) is 1. The summed E-state index contributed by atoms with van der Waals surface area (Å²) >= 11 is 0. The van der Waals surface area contributed by atoms with Gasteiger partial charge in [0.2, 0.25) is 0 Å². The first kappa shape index (κ1) is 13.9. The number of nitrogens with one attached hydrogen (secondary N) is 1. The Morgan fingerprint density at radius 2 is 2.32 bits per heavy atom. The fraction of sp³-hybridized carbons (Fsp3) is 0.571. The van der Waals surface area contributed by atoms with Gasteiger partial charge in [-0.3, -0.25) is 10.3 Å². The van der Waals surface area contributed by atoms with Gasteiger partial charge in [0.1, 0.15) is 5.82 Å². The Bertz CT molecular complexity index is 445. The second-order valence-corrected chi connectivity index (χ2v) is 5.03. The fourth-order valence-corrected chi connectivity index (χ4v) is 1.88. The van der Waals surface area contributed by atoms with Crippen molar-refractivity contribution in [3.63, 3.8) is 0 Å². The lowest BCUT2D eigenvalue weighted by Gasteiger charge is -2.28. The average Bonchev–Trinajstić information content (AvgIpc) is 3.21. The number of rotatable bonds is 6. The van der Waals surface area contributed by atoms with E-state index in [1.165, 1.54) is 25.0 Å². The van der Waals surface area contributed by atoms with E-state index < -0.39 is 11.4 Å². The Morgan fingerprint density at radius 1 is 1.58 bits per heavy atom. The van der Waals surface area contributed by atoms with Gasteiger partial charge in [0.05, 0.1) is 18.5 Å². The zero-order chi connectivity index (χ0) is 13.9. The van der Waals surface area contributed by atoms with Crippen LogP contribution in [0, 0.1) is 11.7 Å². The summed E-state index contributed by atoms with van der Waals surface area (Å²) in [6.45, 7) is 4.54. The van der Waals surface area contributed by atoms with E-state index in [-0.39, 0.29) is 5.97 Å². The summed E-state index contributed by atoms with van der Waals surface area (Å²) in [5.74, 6) is -0.180. The van der Waals surface area contributed by atoms with Crippen LogP contribution in [0.5, 0.6) is 0 Å². The van der Waals surface area contributed by atoms with Crippen LogP contribution in [0.15, 0.2) is 18.3 Å². The van der Waals surface area contributed by atoms with Crippen LogP contribution in [0.25, 0.3) is 0 Å². The van der Waals surface area contributed by atoms with E-state index in [2.05, 4.69) is 10.3 Å². The van der Waals surface area contributed by atoms with Crippen LogP contribution in [0.2, 0.25) is 0 Å². The molecule has 0 bridgehead atoms. The molecule has 2 rings (SSSR count). The minimum absolute atomic E-state index is 0.306. The highest BCUT2D eigenvalue weighted by molar-refractivity contribution is 5.81. The van der Waals surface area contributed by atoms with Gasteiger partial charge in [0, 0.05) is 0 Å². The van der Waals surface area contributed by atoms with Gasteiger partial charge in [-0.25, -0.2) is 9.18 Å². The number of carbonyl (C=O) groups excluding carboxylic acids is 1. The Kier molecular flexibility index (Phi) is 4.14. The van der Waals surface area contributed by atoms with E-state index in [1.807, 2.05) is 0 Å². The first-order valence-corrected chi connectivity index (χ1v) is 6.60. The molecule has 1 aliphatic carbocycles. The summed E-state index contributed by atoms with van der Waals surface area (Å²) in [7, 11) is 0. The highest BCUT2D eigenvalue weighted by Crippen LogP contribution is 2.30. The second kappa shape index (κ2) is 5.65. The highest BCUT2D eigenvalue weighted by Gasteiger charge is 2.39. The minimum atomic E-state index is -1.02. The number of hydrogen-bond acceptors (Lipinski definition) is 4. The monoisotopic (exact) mass is 266 g/mol. The summed E-state index contributed by atoms with van der Waals surface area (Å²) < 4.78 is 18.1. The molecular formula is C14H19FN2O2. The summed E-state index contributed by atoms with van der Waals surface area (Å²) in [6.07, 6.45) is 3.48. The molecule has 1 unspecified atom stereocenters. The molecule has 1 aromatic rings. The largest absolute Gasteiger partial charge is 0.464 e. The Balaban J connectivity index is 2.20. The zero-order valence-electron chi connectivity index (χ0n) is 11.3.